The smallest absolute Gasteiger partial charge is 0.305 e. The van der Waals surface area contributed by atoms with Crippen LogP contribution in [0.5, 0.6) is 0 Å². The highest BCUT2D eigenvalue weighted by atomic mass is 32.2. The van der Waals surface area contributed by atoms with Crippen molar-refractivity contribution in [3.8, 4) is 0 Å². The summed E-state index contributed by atoms with van der Waals surface area (Å²) < 4.78 is 28.3. The van der Waals surface area contributed by atoms with E-state index in [1.54, 1.807) is 24.3 Å². The third kappa shape index (κ3) is 3.92. The van der Waals surface area contributed by atoms with Gasteiger partial charge < -0.3 is 5.11 Å². The van der Waals surface area contributed by atoms with E-state index in [9.17, 15) is 18.3 Å². The molecule has 3 aromatic carbocycles. The largest absolute Gasteiger partial charge is 0.481 e. The van der Waals surface area contributed by atoms with Crippen LogP contribution in [-0.2, 0) is 14.8 Å². The highest BCUT2D eigenvalue weighted by Crippen LogP contribution is 2.25. The molecule has 0 aliphatic carbocycles. The molecule has 0 heterocycles. The Kier molecular flexibility index (Phi) is 5.06. The molecule has 0 fully saturated rings. The van der Waals surface area contributed by atoms with E-state index < -0.39 is 22.0 Å². The van der Waals surface area contributed by atoms with Gasteiger partial charge in [0, 0.05) is 0 Å². The van der Waals surface area contributed by atoms with Gasteiger partial charge in [-0.05, 0) is 41.0 Å². The number of fused-ring (bicyclic) bond motifs is 1. The zero-order chi connectivity index (χ0) is 18.7. The molecule has 2 N–H and O–H groups in total. The lowest BCUT2D eigenvalue weighted by molar-refractivity contribution is -0.137. The fraction of sp³-hybridized carbons (Fsp3) is 0.150. The molecule has 0 aromatic heterocycles. The second-order valence-corrected chi connectivity index (χ2v) is 7.85. The maximum atomic E-state index is 12.8. The molecule has 0 aliphatic rings. The zero-order valence-corrected chi connectivity index (χ0v) is 15.0. The first kappa shape index (κ1) is 18.1. The van der Waals surface area contributed by atoms with Crippen LogP contribution in [-0.4, -0.2) is 19.5 Å². The molecule has 134 valence electrons. The fourth-order valence-electron chi connectivity index (χ4n) is 2.96. The van der Waals surface area contributed by atoms with Crippen LogP contribution in [0.25, 0.3) is 10.8 Å². The summed E-state index contributed by atoms with van der Waals surface area (Å²) in [6.45, 7) is 1.83. The Morgan fingerprint density at radius 1 is 1.00 bits per heavy atom. The van der Waals surface area contributed by atoms with Crippen molar-refractivity contribution in [3.63, 3.8) is 0 Å². The number of hydrogen-bond acceptors (Lipinski definition) is 3. The number of hydrogen-bond donors (Lipinski definition) is 2. The molecule has 3 aromatic rings. The number of nitrogens with one attached hydrogen (secondary N) is 1. The van der Waals surface area contributed by atoms with E-state index in [1.807, 2.05) is 43.3 Å². The van der Waals surface area contributed by atoms with Gasteiger partial charge in [0.15, 0.2) is 0 Å². The summed E-state index contributed by atoms with van der Waals surface area (Å²) in [5.74, 6) is -1.07. The van der Waals surface area contributed by atoms with Crippen LogP contribution in [0.3, 0.4) is 0 Å². The van der Waals surface area contributed by atoms with Crippen LogP contribution in [0.4, 0.5) is 0 Å². The van der Waals surface area contributed by atoms with E-state index in [0.717, 1.165) is 16.3 Å². The van der Waals surface area contributed by atoms with Crippen molar-refractivity contribution in [2.75, 3.05) is 0 Å². The summed E-state index contributed by atoms with van der Waals surface area (Å²) in [5.41, 5.74) is 1.49. The van der Waals surface area contributed by atoms with Crippen molar-refractivity contribution in [3.05, 3.63) is 77.9 Å². The predicted molar refractivity (Wildman–Crippen MR) is 100 cm³/mol. The van der Waals surface area contributed by atoms with Crippen molar-refractivity contribution >= 4 is 26.8 Å². The molecule has 26 heavy (non-hydrogen) atoms. The summed E-state index contributed by atoms with van der Waals surface area (Å²) in [4.78, 5) is 11.4. The van der Waals surface area contributed by atoms with Crippen LogP contribution in [0.15, 0.2) is 71.6 Å². The topological polar surface area (TPSA) is 83.5 Å². The van der Waals surface area contributed by atoms with E-state index in [-0.39, 0.29) is 11.3 Å². The predicted octanol–water partition coefficient (Wildman–Crippen LogP) is 3.64. The number of rotatable bonds is 6. The SMILES string of the molecule is Cc1ccccc1C(CC(=O)O)NS(=O)(=O)c1ccc2ccccc2c1. The third-order valence-corrected chi connectivity index (χ3v) is 5.74. The highest BCUT2D eigenvalue weighted by molar-refractivity contribution is 7.89. The molecule has 0 saturated heterocycles. The Hall–Kier alpha value is -2.70. The van der Waals surface area contributed by atoms with Crippen LogP contribution in [0.2, 0.25) is 0 Å². The van der Waals surface area contributed by atoms with Crippen LogP contribution in [0.1, 0.15) is 23.6 Å². The minimum atomic E-state index is -3.87. The first-order valence-electron chi connectivity index (χ1n) is 8.15. The van der Waals surface area contributed by atoms with E-state index in [0.29, 0.717) is 5.56 Å². The van der Waals surface area contributed by atoms with E-state index in [1.165, 1.54) is 6.07 Å². The number of carbonyl (C=O) groups is 1. The lowest BCUT2D eigenvalue weighted by Gasteiger charge is -2.19. The van der Waals surface area contributed by atoms with Crippen molar-refractivity contribution in [1.82, 2.24) is 4.72 Å². The van der Waals surface area contributed by atoms with Crippen LogP contribution >= 0.6 is 0 Å². The summed E-state index contributed by atoms with van der Waals surface area (Å²) >= 11 is 0. The van der Waals surface area contributed by atoms with Crippen molar-refractivity contribution in [1.29, 1.82) is 0 Å². The second-order valence-electron chi connectivity index (χ2n) is 6.14. The molecule has 1 unspecified atom stereocenters. The van der Waals surface area contributed by atoms with E-state index >= 15 is 0 Å². The van der Waals surface area contributed by atoms with Gasteiger partial charge in [0.2, 0.25) is 10.0 Å². The standard InChI is InChI=1S/C20H19NO4S/c1-14-6-2-5-9-18(14)19(13-20(22)23)21-26(24,25)17-11-10-15-7-3-4-8-16(15)12-17/h2-12,19,21H,13H2,1H3,(H,22,23). The molecule has 6 heteroatoms. The number of carboxylic acids is 1. The third-order valence-electron chi connectivity index (χ3n) is 4.27. The molecule has 3 rings (SSSR count). The molecular formula is C20H19NO4S. The highest BCUT2D eigenvalue weighted by Gasteiger charge is 2.24. The van der Waals surface area contributed by atoms with Crippen LogP contribution < -0.4 is 4.72 Å². The average Bonchev–Trinajstić information content (AvgIpc) is 2.60. The Bertz CT molecular complexity index is 1060. The Morgan fingerprint density at radius 2 is 1.65 bits per heavy atom. The number of carboxylic acid groups (broad SMARTS) is 1. The quantitative estimate of drug-likeness (QED) is 0.695. The zero-order valence-electron chi connectivity index (χ0n) is 14.2. The van der Waals surface area contributed by atoms with Crippen molar-refractivity contribution in [2.45, 2.75) is 24.3 Å². The minimum absolute atomic E-state index is 0.111. The van der Waals surface area contributed by atoms with Gasteiger partial charge in [0.1, 0.15) is 0 Å². The molecule has 5 nitrogen and oxygen atoms in total. The molecule has 0 bridgehead atoms. The summed E-state index contributed by atoms with van der Waals surface area (Å²) in [5, 5.41) is 11.0. The van der Waals surface area contributed by atoms with Gasteiger partial charge in [-0.3, -0.25) is 4.79 Å². The first-order valence-corrected chi connectivity index (χ1v) is 9.63. The summed E-state index contributed by atoms with van der Waals surface area (Å²) in [6.07, 6.45) is -0.336. The molecule has 0 spiro atoms. The minimum Gasteiger partial charge on any atom is -0.481 e. The summed E-state index contributed by atoms with van der Waals surface area (Å²) in [7, 11) is -3.87. The normalized spacial score (nSPS) is 12.8. The second kappa shape index (κ2) is 7.27. The number of sulfonamides is 1. The Morgan fingerprint density at radius 3 is 2.35 bits per heavy atom. The van der Waals surface area contributed by atoms with Gasteiger partial charge in [-0.1, -0.05) is 54.6 Å². The van der Waals surface area contributed by atoms with E-state index in [2.05, 4.69) is 4.72 Å². The number of aryl methyl sites for hydroxylation is 1. The van der Waals surface area contributed by atoms with Crippen LogP contribution in [0, 0.1) is 6.92 Å². The Labute approximate surface area is 152 Å². The number of aliphatic carboxylic acids is 1. The lowest BCUT2D eigenvalue weighted by atomic mass is 10.00. The molecule has 0 aliphatic heterocycles. The summed E-state index contributed by atoms with van der Waals surface area (Å²) in [6, 6.07) is 18.6. The maximum Gasteiger partial charge on any atom is 0.305 e. The first-order chi connectivity index (χ1) is 12.4. The van der Waals surface area contributed by atoms with Gasteiger partial charge in [-0.15, -0.1) is 0 Å². The fourth-order valence-corrected chi connectivity index (χ4v) is 4.21. The molecular weight excluding hydrogens is 350 g/mol. The van der Waals surface area contributed by atoms with Gasteiger partial charge in [0.05, 0.1) is 17.4 Å². The van der Waals surface area contributed by atoms with Crippen molar-refractivity contribution < 1.29 is 18.3 Å². The lowest BCUT2D eigenvalue weighted by Crippen LogP contribution is -2.30. The van der Waals surface area contributed by atoms with Crippen molar-refractivity contribution in [2.24, 2.45) is 0 Å². The van der Waals surface area contributed by atoms with Gasteiger partial charge in [-0.2, -0.15) is 0 Å². The Balaban J connectivity index is 1.98. The van der Waals surface area contributed by atoms with E-state index in [4.69, 9.17) is 0 Å². The molecule has 1 atom stereocenters. The number of benzene rings is 3. The average molecular weight is 369 g/mol. The molecule has 0 amide bonds. The van der Waals surface area contributed by atoms with Gasteiger partial charge in [0.25, 0.3) is 0 Å². The molecule has 0 radical (unpaired) electrons. The maximum absolute atomic E-state index is 12.8. The van der Waals surface area contributed by atoms with Gasteiger partial charge >= 0.3 is 5.97 Å². The molecule has 0 saturated carbocycles. The van der Waals surface area contributed by atoms with Gasteiger partial charge in [-0.25, -0.2) is 13.1 Å². The monoisotopic (exact) mass is 369 g/mol.